The SMILES string of the molecule is N.[O]=[W].[Ti]. The Balaban J connectivity index is -0.00000000500. The summed E-state index contributed by atoms with van der Waals surface area (Å²) in [6.45, 7) is 0. The van der Waals surface area contributed by atoms with Crippen LogP contribution in [0.15, 0.2) is 0 Å². The van der Waals surface area contributed by atoms with Gasteiger partial charge in [0.15, 0.2) is 0 Å². The largest absolute Gasteiger partial charge is 0 e. The van der Waals surface area contributed by atoms with Crippen molar-refractivity contribution in [1.82, 2.24) is 6.15 Å². The van der Waals surface area contributed by atoms with E-state index in [2.05, 4.69) is 0 Å². The Morgan fingerprint density at radius 1 is 1.25 bits per heavy atom. The third-order valence-electron chi connectivity index (χ3n) is 0. The van der Waals surface area contributed by atoms with Crippen molar-refractivity contribution in [1.29, 1.82) is 0 Å². The van der Waals surface area contributed by atoms with Crippen molar-refractivity contribution in [3.8, 4) is 0 Å². The van der Waals surface area contributed by atoms with Crippen LogP contribution in [0.5, 0.6) is 0 Å². The first-order chi connectivity index (χ1) is 1.00. The third kappa shape index (κ3) is 10.9. The Hall–Kier alpha value is 1.16. The van der Waals surface area contributed by atoms with Crippen LogP contribution < -0.4 is 6.15 Å². The number of hydrogen-bond acceptors (Lipinski definition) is 2. The summed E-state index contributed by atoms with van der Waals surface area (Å²) in [7, 11) is 0. The molecule has 0 aromatic heterocycles. The molecule has 4 heteroatoms. The molecule has 0 rings (SSSR count). The van der Waals surface area contributed by atoms with E-state index in [1.54, 1.807) is 0 Å². The Kier molecular flexibility index (Phi) is 147. The molecule has 0 amide bonds. The molecular weight excluding hydrogens is 262 g/mol. The van der Waals surface area contributed by atoms with Crippen LogP contribution >= 0.6 is 0 Å². The molecule has 0 unspecified atom stereocenters. The van der Waals surface area contributed by atoms with Gasteiger partial charge in [0, 0.05) is 21.7 Å². The Morgan fingerprint density at radius 2 is 1.25 bits per heavy atom. The maximum atomic E-state index is 8.33. The third-order valence-corrected chi connectivity index (χ3v) is 0. The molecule has 0 fully saturated rings. The minimum absolute atomic E-state index is 0. The quantitative estimate of drug-likeness (QED) is 0.628. The van der Waals surface area contributed by atoms with E-state index in [0.29, 0.717) is 19.8 Å². The van der Waals surface area contributed by atoms with Gasteiger partial charge >= 0.3 is 23.2 Å². The van der Waals surface area contributed by atoms with Gasteiger partial charge in [-0.3, -0.25) is 0 Å². The predicted molar refractivity (Wildman–Crippen MR) is 5.71 cm³/mol. The average molecular weight is 265 g/mol. The molecule has 4 heavy (non-hydrogen) atoms. The molecule has 0 atom stereocenters. The summed E-state index contributed by atoms with van der Waals surface area (Å²) in [5.74, 6) is 0. The van der Waals surface area contributed by atoms with Crippen molar-refractivity contribution >= 4 is 0 Å². The monoisotopic (exact) mass is 265 g/mol. The minimum atomic E-state index is 0. The van der Waals surface area contributed by atoms with E-state index in [-0.39, 0.29) is 27.9 Å². The van der Waals surface area contributed by atoms with Crippen LogP contribution in [0.4, 0.5) is 0 Å². The molecule has 0 spiro atoms. The van der Waals surface area contributed by atoms with Crippen LogP contribution in [-0.4, -0.2) is 0 Å². The fourth-order valence-corrected chi connectivity index (χ4v) is 0. The Bertz CT molecular complexity index is 8.00. The molecule has 0 saturated heterocycles. The van der Waals surface area contributed by atoms with E-state index in [1.807, 2.05) is 0 Å². The number of hydrogen-bond donors (Lipinski definition) is 1. The second kappa shape index (κ2) is 30.8. The van der Waals surface area contributed by atoms with Gasteiger partial charge in [0.05, 0.1) is 0 Å². The van der Waals surface area contributed by atoms with E-state index in [0.717, 1.165) is 0 Å². The fraction of sp³-hybridized carbons (Fsp3) is 0. The Labute approximate surface area is 51.0 Å². The van der Waals surface area contributed by atoms with Crippen molar-refractivity contribution in [2.24, 2.45) is 0 Å². The van der Waals surface area contributed by atoms with Crippen LogP contribution in [0.1, 0.15) is 0 Å². The standard InChI is InChI=1S/H3N.O.Ti.W/h1H3;;;. The minimum Gasteiger partial charge on any atom is 0 e. The summed E-state index contributed by atoms with van der Waals surface area (Å²) in [5, 5.41) is 0. The summed E-state index contributed by atoms with van der Waals surface area (Å²) in [6.07, 6.45) is 0. The first-order valence-corrected chi connectivity index (χ1v) is 1.36. The molecule has 0 aliphatic rings. The first-order valence-electron chi connectivity index (χ1n) is 0.167. The second-order valence-corrected chi connectivity index (χ2v) is 0. The van der Waals surface area contributed by atoms with Crippen molar-refractivity contribution in [2.45, 2.75) is 0 Å². The Morgan fingerprint density at radius 3 is 1.25 bits per heavy atom. The molecule has 2 nitrogen and oxygen atoms in total. The van der Waals surface area contributed by atoms with E-state index < -0.39 is 0 Å². The summed E-state index contributed by atoms with van der Waals surface area (Å²) >= 11 is 0.333. The predicted octanol–water partition coefficient (Wildman–Crippen LogP) is 0.0382. The molecule has 0 radical (unpaired) electrons. The molecule has 3 N–H and O–H groups in total. The van der Waals surface area contributed by atoms with Gasteiger partial charge in [-0.25, -0.2) is 0 Å². The summed E-state index contributed by atoms with van der Waals surface area (Å²) in [6, 6.07) is 0. The van der Waals surface area contributed by atoms with Gasteiger partial charge in [-0.2, -0.15) is 0 Å². The maximum Gasteiger partial charge on any atom is 0 e. The van der Waals surface area contributed by atoms with Crippen molar-refractivity contribution < 1.29 is 44.9 Å². The van der Waals surface area contributed by atoms with Crippen LogP contribution in [0.25, 0.3) is 0 Å². The smallest absolute Gasteiger partial charge is 0 e. The molecule has 0 aliphatic heterocycles. The van der Waals surface area contributed by atoms with E-state index in [1.165, 1.54) is 0 Å². The van der Waals surface area contributed by atoms with Gasteiger partial charge in [0.1, 0.15) is 0 Å². The van der Waals surface area contributed by atoms with E-state index >= 15 is 0 Å². The topological polar surface area (TPSA) is 52.1 Å². The van der Waals surface area contributed by atoms with E-state index in [4.69, 9.17) is 3.40 Å². The van der Waals surface area contributed by atoms with Crippen LogP contribution in [0.2, 0.25) is 0 Å². The zero-order valence-corrected chi connectivity index (χ0v) is 6.52. The van der Waals surface area contributed by atoms with E-state index in [9.17, 15) is 0 Å². The van der Waals surface area contributed by atoms with Gasteiger partial charge in [-0.05, 0) is 0 Å². The molecule has 0 bridgehead atoms. The van der Waals surface area contributed by atoms with Crippen LogP contribution in [0.3, 0.4) is 0 Å². The van der Waals surface area contributed by atoms with Crippen LogP contribution in [-0.2, 0) is 44.9 Å². The second-order valence-electron chi connectivity index (χ2n) is 0. The molecular formula is H3NOTiW. The van der Waals surface area contributed by atoms with Gasteiger partial charge in [0.2, 0.25) is 0 Å². The summed E-state index contributed by atoms with van der Waals surface area (Å²) < 4.78 is 8.33. The van der Waals surface area contributed by atoms with Crippen molar-refractivity contribution in [3.63, 3.8) is 0 Å². The zero-order chi connectivity index (χ0) is 2.00. The van der Waals surface area contributed by atoms with Crippen molar-refractivity contribution in [3.05, 3.63) is 0 Å². The summed E-state index contributed by atoms with van der Waals surface area (Å²) in [4.78, 5) is 0. The normalized spacial score (nSPS) is 1.00. The molecule has 0 aromatic carbocycles. The first kappa shape index (κ1) is 19.1. The van der Waals surface area contributed by atoms with Crippen molar-refractivity contribution in [2.75, 3.05) is 0 Å². The molecule has 0 heterocycles. The summed E-state index contributed by atoms with van der Waals surface area (Å²) in [5.41, 5.74) is 0. The fourth-order valence-electron chi connectivity index (χ4n) is 0. The molecule has 0 aromatic rings. The van der Waals surface area contributed by atoms with Gasteiger partial charge < -0.3 is 6.15 Å². The average Bonchev–Trinajstić information content (AvgIpc) is 1.00. The van der Waals surface area contributed by atoms with Crippen LogP contribution in [0, 0.1) is 0 Å². The molecule has 24 valence electrons. The van der Waals surface area contributed by atoms with Gasteiger partial charge in [0.25, 0.3) is 0 Å². The van der Waals surface area contributed by atoms with Gasteiger partial charge in [-0.15, -0.1) is 0 Å². The van der Waals surface area contributed by atoms with Gasteiger partial charge in [-0.1, -0.05) is 0 Å². The zero-order valence-electron chi connectivity index (χ0n) is 2.02. The number of rotatable bonds is 0. The molecule has 0 saturated carbocycles. The maximum absolute atomic E-state index is 8.33. The molecule has 0 aliphatic carbocycles.